The smallest absolute Gasteiger partial charge is 0.164 e. The SMILES string of the molecule is Brc1ccc(-c2nc(-c3ccccc3)nc(-c3ccccc3)n2)cc1.c1ccc(-c2nc(-c3ccccc3)nc(-c3ccc(-n4c5ccccc5c5ccc6ccsc6c54)cc3)n2)cc1.c1ccc2c(c1)[nH]c1c2ccc2ccsc21. The summed E-state index contributed by atoms with van der Waals surface area (Å²) in [5.41, 5.74) is 11.8. The van der Waals surface area contributed by atoms with Crippen molar-refractivity contribution in [1.29, 1.82) is 0 Å². The highest BCUT2D eigenvalue weighted by Crippen LogP contribution is 2.39. The average molecular weight is 1140 g/mol. The molecule has 16 aromatic rings. The molecule has 0 saturated heterocycles. The van der Waals surface area contributed by atoms with Gasteiger partial charge in [-0.1, -0.05) is 210 Å². The van der Waals surface area contributed by atoms with Crippen molar-refractivity contribution in [3.05, 3.63) is 270 Å². The Morgan fingerprint density at radius 2 is 0.716 bits per heavy atom. The molecule has 8 nitrogen and oxygen atoms in total. The first-order chi connectivity index (χ1) is 40.1. The number of hydrogen-bond acceptors (Lipinski definition) is 8. The molecule has 0 bridgehead atoms. The van der Waals surface area contributed by atoms with E-state index in [2.05, 4.69) is 150 Å². The van der Waals surface area contributed by atoms with Crippen LogP contribution in [0.5, 0.6) is 0 Å². The fourth-order valence-electron chi connectivity index (χ4n) is 10.3. The molecule has 6 aromatic heterocycles. The molecule has 0 unspecified atom stereocenters. The van der Waals surface area contributed by atoms with E-state index in [1.54, 1.807) is 22.7 Å². The van der Waals surface area contributed by atoms with Crippen LogP contribution < -0.4 is 0 Å². The van der Waals surface area contributed by atoms with Crippen LogP contribution >= 0.6 is 38.6 Å². The molecular weight excluding hydrogens is 1100 g/mol. The maximum Gasteiger partial charge on any atom is 0.164 e. The molecule has 0 spiro atoms. The van der Waals surface area contributed by atoms with E-state index in [0.717, 1.165) is 43.5 Å². The summed E-state index contributed by atoms with van der Waals surface area (Å²) >= 11 is 7.06. The number of hydrogen-bond donors (Lipinski definition) is 1. The summed E-state index contributed by atoms with van der Waals surface area (Å²) in [6.07, 6.45) is 0. The Morgan fingerprint density at radius 3 is 1.22 bits per heavy atom. The lowest BCUT2D eigenvalue weighted by Crippen LogP contribution is -2.00. The number of benzene rings is 10. The van der Waals surface area contributed by atoms with E-state index >= 15 is 0 Å². The van der Waals surface area contributed by atoms with Crippen LogP contribution in [0.2, 0.25) is 0 Å². The van der Waals surface area contributed by atoms with Crippen molar-refractivity contribution >= 4 is 102 Å². The predicted molar refractivity (Wildman–Crippen MR) is 341 cm³/mol. The van der Waals surface area contributed by atoms with Gasteiger partial charge in [0.2, 0.25) is 0 Å². The molecule has 16 rings (SSSR count). The number of aromatic nitrogens is 8. The first kappa shape index (κ1) is 49.5. The Labute approximate surface area is 482 Å². The Kier molecular flexibility index (Phi) is 13.3. The molecule has 0 aliphatic carbocycles. The molecule has 0 aliphatic heterocycles. The van der Waals surface area contributed by atoms with Crippen LogP contribution in [0.3, 0.4) is 0 Å². The summed E-state index contributed by atoms with van der Waals surface area (Å²) in [6.45, 7) is 0. The average Bonchev–Trinajstić information content (AvgIpc) is 4.43. The quantitative estimate of drug-likeness (QED) is 0.171. The molecule has 11 heteroatoms. The fourth-order valence-corrected chi connectivity index (χ4v) is 12.4. The van der Waals surface area contributed by atoms with Gasteiger partial charge in [-0.3, -0.25) is 0 Å². The highest BCUT2D eigenvalue weighted by atomic mass is 79.9. The normalized spacial score (nSPS) is 11.3. The van der Waals surface area contributed by atoms with Crippen molar-refractivity contribution in [2.75, 3.05) is 0 Å². The van der Waals surface area contributed by atoms with Crippen molar-refractivity contribution in [2.24, 2.45) is 0 Å². The number of nitrogens with one attached hydrogen (secondary N) is 1. The summed E-state index contributed by atoms with van der Waals surface area (Å²) in [6, 6.07) is 87.0. The molecule has 384 valence electrons. The van der Waals surface area contributed by atoms with E-state index in [4.69, 9.17) is 24.9 Å². The minimum Gasteiger partial charge on any atom is -0.353 e. The van der Waals surface area contributed by atoms with Crippen LogP contribution in [0.25, 0.3) is 138 Å². The second kappa shape index (κ2) is 21.8. The lowest BCUT2D eigenvalue weighted by molar-refractivity contribution is 1.07. The van der Waals surface area contributed by atoms with Gasteiger partial charge in [-0.2, -0.15) is 0 Å². The molecular formula is C70H45BrN8S2. The van der Waals surface area contributed by atoms with Crippen LogP contribution in [0.15, 0.2) is 270 Å². The second-order valence-corrected chi connectivity index (χ2v) is 22.0. The minimum atomic E-state index is 0.655. The second-order valence-electron chi connectivity index (χ2n) is 19.3. The number of thiophene rings is 2. The maximum atomic E-state index is 4.90. The number of rotatable bonds is 7. The number of halogens is 1. The monoisotopic (exact) mass is 1140 g/mol. The summed E-state index contributed by atoms with van der Waals surface area (Å²) in [5.74, 6) is 3.99. The Hall–Kier alpha value is -9.78. The minimum absolute atomic E-state index is 0.655. The van der Waals surface area contributed by atoms with Gasteiger partial charge in [0, 0.05) is 70.6 Å². The van der Waals surface area contributed by atoms with Gasteiger partial charge in [0.1, 0.15) is 0 Å². The molecule has 0 atom stereocenters. The molecule has 0 amide bonds. The van der Waals surface area contributed by atoms with Gasteiger partial charge in [0.25, 0.3) is 0 Å². The van der Waals surface area contributed by atoms with Crippen molar-refractivity contribution in [3.8, 4) is 74.0 Å². The van der Waals surface area contributed by atoms with Gasteiger partial charge in [0.05, 0.1) is 25.9 Å². The highest BCUT2D eigenvalue weighted by Gasteiger charge is 2.18. The van der Waals surface area contributed by atoms with Crippen molar-refractivity contribution in [1.82, 2.24) is 39.5 Å². The van der Waals surface area contributed by atoms with E-state index in [1.807, 2.05) is 146 Å². The van der Waals surface area contributed by atoms with Gasteiger partial charge in [0.15, 0.2) is 34.9 Å². The van der Waals surface area contributed by atoms with Crippen molar-refractivity contribution < 1.29 is 0 Å². The first-order valence-electron chi connectivity index (χ1n) is 26.4. The van der Waals surface area contributed by atoms with E-state index in [1.165, 1.54) is 63.8 Å². The van der Waals surface area contributed by atoms with Gasteiger partial charge in [-0.15, -0.1) is 22.7 Å². The summed E-state index contributed by atoms with van der Waals surface area (Å²) < 4.78 is 6.06. The van der Waals surface area contributed by atoms with Gasteiger partial charge < -0.3 is 9.55 Å². The molecule has 10 aromatic carbocycles. The lowest BCUT2D eigenvalue weighted by atomic mass is 10.1. The van der Waals surface area contributed by atoms with E-state index in [-0.39, 0.29) is 0 Å². The highest BCUT2D eigenvalue weighted by molar-refractivity contribution is 9.10. The van der Waals surface area contributed by atoms with Gasteiger partial charge in [-0.25, -0.2) is 29.9 Å². The number of aromatic amines is 1. The summed E-state index contributed by atoms with van der Waals surface area (Å²) in [4.78, 5) is 32.2. The third kappa shape index (κ3) is 9.84. The van der Waals surface area contributed by atoms with Crippen molar-refractivity contribution in [2.45, 2.75) is 0 Å². The predicted octanol–water partition coefficient (Wildman–Crippen LogP) is 19.4. The van der Waals surface area contributed by atoms with Crippen LogP contribution in [0, 0.1) is 0 Å². The first-order valence-corrected chi connectivity index (χ1v) is 29.0. The van der Waals surface area contributed by atoms with E-state index in [0.29, 0.717) is 34.9 Å². The molecule has 0 saturated carbocycles. The Morgan fingerprint density at radius 1 is 0.321 bits per heavy atom. The largest absolute Gasteiger partial charge is 0.353 e. The van der Waals surface area contributed by atoms with Crippen LogP contribution in [-0.4, -0.2) is 39.5 Å². The van der Waals surface area contributed by atoms with Crippen LogP contribution in [0.4, 0.5) is 0 Å². The molecule has 81 heavy (non-hydrogen) atoms. The number of para-hydroxylation sites is 2. The number of fused-ring (bicyclic) bond motifs is 10. The van der Waals surface area contributed by atoms with Crippen molar-refractivity contribution in [3.63, 3.8) is 0 Å². The number of nitrogens with zero attached hydrogens (tertiary/aromatic N) is 7. The number of H-pyrrole nitrogens is 1. The lowest BCUT2D eigenvalue weighted by Gasteiger charge is -2.11. The standard InChI is InChI=1S/C35H22N4S.C21H14BrN3.C14H9NS/c1-3-9-24(10-4-1)33-36-34(25-11-5-2-6-12-25)38-35(37-33)26-15-18-27(19-16-26)39-30-14-8-7-13-28(30)29-20-17-23-21-22-40-32(23)31(29)39;22-18-13-11-17(12-14-18)21-24-19(15-7-3-1-4-8-15)23-20(25-21)16-9-5-2-6-10-16;1-2-4-12-10(3-1)11-6-5-9-7-8-16-14(9)13(11)15-12/h1-22H;1-14H;1-8,15H. The maximum absolute atomic E-state index is 4.90. The zero-order valence-corrected chi connectivity index (χ0v) is 46.4. The van der Waals surface area contributed by atoms with Gasteiger partial charge in [-0.05, 0) is 82.2 Å². The molecule has 0 fully saturated rings. The van der Waals surface area contributed by atoms with Gasteiger partial charge >= 0.3 is 0 Å². The Bertz CT molecular complexity index is 4750. The molecule has 1 N–H and O–H groups in total. The zero-order chi connectivity index (χ0) is 54.1. The molecule has 0 radical (unpaired) electrons. The van der Waals surface area contributed by atoms with E-state index < -0.39 is 0 Å². The topological polar surface area (TPSA) is 98.1 Å². The summed E-state index contributed by atoms with van der Waals surface area (Å²) in [7, 11) is 0. The van der Waals surface area contributed by atoms with E-state index in [9.17, 15) is 0 Å². The molecule has 6 heterocycles. The third-order valence-corrected chi connectivity index (χ3v) is 16.7. The molecule has 0 aliphatic rings. The zero-order valence-electron chi connectivity index (χ0n) is 43.2. The Balaban J connectivity index is 0.000000121. The summed E-state index contributed by atoms with van der Waals surface area (Å²) in [5, 5.41) is 12.1. The third-order valence-electron chi connectivity index (χ3n) is 14.2. The van der Waals surface area contributed by atoms with Crippen LogP contribution in [-0.2, 0) is 0 Å². The van der Waals surface area contributed by atoms with Crippen LogP contribution in [0.1, 0.15) is 0 Å². The fraction of sp³-hybridized carbons (Fsp3) is 0.